The van der Waals surface area contributed by atoms with Crippen LogP contribution in [-0.2, 0) is 0 Å². The van der Waals surface area contributed by atoms with Gasteiger partial charge in [-0.2, -0.15) is 0 Å². The zero-order chi connectivity index (χ0) is 11.3. The van der Waals surface area contributed by atoms with E-state index in [0.29, 0.717) is 0 Å². The van der Waals surface area contributed by atoms with Crippen LogP contribution in [0.2, 0.25) is 6.04 Å². The molecule has 0 spiro atoms. The molecule has 0 aliphatic rings. The van der Waals surface area contributed by atoms with Gasteiger partial charge in [0.1, 0.15) is 0 Å². The molecule has 1 aromatic carbocycles. The van der Waals surface area contributed by atoms with Crippen molar-refractivity contribution in [3.63, 3.8) is 0 Å². The molecule has 15 heavy (non-hydrogen) atoms. The molecule has 0 radical (unpaired) electrons. The molecule has 0 heterocycles. The normalized spacial score (nSPS) is 9.73. The molecule has 0 amide bonds. The summed E-state index contributed by atoms with van der Waals surface area (Å²) >= 11 is 0. The van der Waals surface area contributed by atoms with Gasteiger partial charge in [0.25, 0.3) is 0 Å². The molecule has 0 aliphatic carbocycles. The molecule has 1 aromatic rings. The van der Waals surface area contributed by atoms with E-state index in [9.17, 15) is 0 Å². The number of hydrogen-bond donors (Lipinski definition) is 0. The maximum atomic E-state index is 5.59. The Morgan fingerprint density at radius 1 is 1.13 bits per heavy atom. The van der Waals surface area contributed by atoms with Crippen LogP contribution >= 0.6 is 0 Å². The number of hydrogen-bond acceptors (Lipinski definition) is 0. The Morgan fingerprint density at radius 2 is 1.73 bits per heavy atom. The van der Waals surface area contributed by atoms with Gasteiger partial charge in [-0.05, 0) is 17.3 Å². The second kappa shape index (κ2) is 4.56. The van der Waals surface area contributed by atoms with Gasteiger partial charge in [0.15, 0.2) is 0 Å². The third-order valence-electron chi connectivity index (χ3n) is 2.57. The average molecular weight is 208 g/mol. The molecule has 0 atom stereocenters. The topological polar surface area (TPSA) is 0 Å². The summed E-state index contributed by atoms with van der Waals surface area (Å²) in [6.07, 6.45) is 16.6. The Balaban J connectivity index is 3.46. The molecule has 1 rings (SSSR count). The van der Waals surface area contributed by atoms with Crippen LogP contribution in [-0.4, -0.2) is 8.07 Å². The molecule has 0 aliphatic heterocycles. The van der Waals surface area contributed by atoms with E-state index in [2.05, 4.69) is 17.0 Å². The number of terminal acetylenes is 3. The van der Waals surface area contributed by atoms with Crippen LogP contribution in [0.3, 0.4) is 0 Å². The van der Waals surface area contributed by atoms with Crippen molar-refractivity contribution in [2.24, 2.45) is 0 Å². The van der Waals surface area contributed by atoms with Crippen molar-refractivity contribution < 1.29 is 0 Å². The van der Waals surface area contributed by atoms with Crippen molar-refractivity contribution in [1.29, 1.82) is 0 Å². The minimum Gasteiger partial charge on any atom is -0.126 e. The van der Waals surface area contributed by atoms with Gasteiger partial charge in [-0.1, -0.05) is 31.0 Å². The maximum absolute atomic E-state index is 5.59. The second-order valence-corrected chi connectivity index (χ2v) is 6.87. The van der Waals surface area contributed by atoms with Gasteiger partial charge in [-0.3, -0.25) is 0 Å². The minimum absolute atomic E-state index is 0.818. The van der Waals surface area contributed by atoms with Gasteiger partial charge in [-0.15, -0.1) is 30.4 Å². The lowest BCUT2D eigenvalue weighted by Crippen LogP contribution is -2.46. The van der Waals surface area contributed by atoms with Crippen molar-refractivity contribution in [2.45, 2.75) is 13.0 Å². The highest BCUT2D eigenvalue weighted by atomic mass is 28.3. The van der Waals surface area contributed by atoms with E-state index >= 15 is 0 Å². The third kappa shape index (κ3) is 1.82. The Bertz CT molecular complexity index is 463. The molecule has 0 saturated heterocycles. The maximum Gasteiger partial charge on any atom is 0.246 e. The van der Waals surface area contributed by atoms with E-state index in [4.69, 9.17) is 19.3 Å². The van der Waals surface area contributed by atoms with Gasteiger partial charge in [0.2, 0.25) is 8.07 Å². The fourth-order valence-corrected chi connectivity index (χ4v) is 3.75. The standard InChI is InChI=1S/C14H12Si/c1-5-13-11-9-10-12-14(13)15(6-2,7-3)8-4/h1-3,9-12H,8H2,4H3. The first-order valence-electron chi connectivity index (χ1n) is 4.75. The summed E-state index contributed by atoms with van der Waals surface area (Å²) in [6, 6.07) is 8.51. The number of rotatable bonds is 2. The minimum atomic E-state index is -2.25. The zero-order valence-electron chi connectivity index (χ0n) is 8.75. The first-order valence-corrected chi connectivity index (χ1v) is 6.96. The van der Waals surface area contributed by atoms with Crippen molar-refractivity contribution in [3.05, 3.63) is 29.8 Å². The molecule has 0 unspecified atom stereocenters. The first kappa shape index (κ1) is 11.2. The predicted octanol–water partition coefficient (Wildman–Crippen LogP) is 1.69. The summed E-state index contributed by atoms with van der Waals surface area (Å²) in [7, 11) is -2.25. The van der Waals surface area contributed by atoms with E-state index in [1.807, 2.05) is 31.2 Å². The quantitative estimate of drug-likeness (QED) is 0.512. The fourth-order valence-electron chi connectivity index (χ4n) is 1.57. The van der Waals surface area contributed by atoms with E-state index in [1.165, 1.54) is 0 Å². The lowest BCUT2D eigenvalue weighted by Gasteiger charge is -2.19. The zero-order valence-corrected chi connectivity index (χ0v) is 9.75. The smallest absolute Gasteiger partial charge is 0.126 e. The monoisotopic (exact) mass is 208 g/mol. The molecule has 0 nitrogen and oxygen atoms in total. The molecule has 0 fully saturated rings. The van der Waals surface area contributed by atoms with E-state index in [-0.39, 0.29) is 0 Å². The Kier molecular flexibility index (Phi) is 3.40. The molecular formula is C14H12Si. The molecule has 0 saturated carbocycles. The van der Waals surface area contributed by atoms with Crippen molar-refractivity contribution >= 4 is 13.3 Å². The van der Waals surface area contributed by atoms with Gasteiger partial charge >= 0.3 is 0 Å². The third-order valence-corrected chi connectivity index (χ3v) is 5.97. The summed E-state index contributed by atoms with van der Waals surface area (Å²) in [6.45, 7) is 2.03. The lowest BCUT2D eigenvalue weighted by atomic mass is 10.2. The summed E-state index contributed by atoms with van der Waals surface area (Å²) in [5.41, 5.74) is 6.46. The number of benzene rings is 1. The highest BCUT2D eigenvalue weighted by Gasteiger charge is 2.31. The SMILES string of the molecule is C#Cc1ccccc1[Si](C#C)(C#C)CC. The first-order chi connectivity index (χ1) is 7.24. The van der Waals surface area contributed by atoms with E-state index in [1.54, 1.807) is 0 Å². The molecular weight excluding hydrogens is 196 g/mol. The van der Waals surface area contributed by atoms with Gasteiger partial charge < -0.3 is 0 Å². The fraction of sp³-hybridized carbons (Fsp3) is 0.143. The van der Waals surface area contributed by atoms with Crippen molar-refractivity contribution in [2.75, 3.05) is 0 Å². The molecule has 0 bridgehead atoms. The van der Waals surface area contributed by atoms with Gasteiger partial charge in [-0.25, -0.2) is 0 Å². The van der Waals surface area contributed by atoms with Crippen LogP contribution in [0, 0.1) is 36.3 Å². The molecule has 72 valence electrons. The lowest BCUT2D eigenvalue weighted by molar-refractivity contribution is 1.42. The van der Waals surface area contributed by atoms with E-state index in [0.717, 1.165) is 16.8 Å². The molecule has 1 heteroatoms. The summed E-state index contributed by atoms with van der Waals surface area (Å²) < 4.78 is 0. The largest absolute Gasteiger partial charge is 0.246 e. The van der Waals surface area contributed by atoms with Crippen LogP contribution in [0.5, 0.6) is 0 Å². The van der Waals surface area contributed by atoms with Crippen LogP contribution in [0.15, 0.2) is 24.3 Å². The summed E-state index contributed by atoms with van der Waals surface area (Å²) in [4.78, 5) is 0. The van der Waals surface area contributed by atoms with E-state index < -0.39 is 8.07 Å². The highest BCUT2D eigenvalue weighted by molar-refractivity contribution is 7.04. The van der Waals surface area contributed by atoms with Crippen LogP contribution in [0.4, 0.5) is 0 Å². The predicted molar refractivity (Wildman–Crippen MR) is 67.9 cm³/mol. The molecule has 0 N–H and O–H groups in total. The Labute approximate surface area is 92.7 Å². The van der Waals surface area contributed by atoms with Crippen molar-refractivity contribution in [3.8, 4) is 36.3 Å². The second-order valence-electron chi connectivity index (χ2n) is 3.24. The van der Waals surface area contributed by atoms with Gasteiger partial charge in [0, 0.05) is 5.56 Å². The Hall–Kier alpha value is -1.88. The molecule has 0 aromatic heterocycles. The van der Waals surface area contributed by atoms with Crippen LogP contribution < -0.4 is 5.19 Å². The van der Waals surface area contributed by atoms with Crippen LogP contribution in [0.25, 0.3) is 0 Å². The summed E-state index contributed by atoms with van der Waals surface area (Å²) in [5, 5.41) is 1.01. The summed E-state index contributed by atoms with van der Waals surface area (Å²) in [5.74, 6) is 2.65. The Morgan fingerprint density at radius 3 is 2.20 bits per heavy atom. The highest BCUT2D eigenvalue weighted by Crippen LogP contribution is 2.10. The average Bonchev–Trinajstić information content (AvgIpc) is 2.33. The van der Waals surface area contributed by atoms with Crippen molar-refractivity contribution in [1.82, 2.24) is 0 Å². The van der Waals surface area contributed by atoms with Gasteiger partial charge in [0.05, 0.1) is 0 Å². The van der Waals surface area contributed by atoms with Crippen LogP contribution in [0.1, 0.15) is 12.5 Å².